The standard InChI is InChI=1S/C14H20N4O/c1-3-6-11-10-13(17-16-11)15-14(19)12-7-5-9-18(12)8-4-2/h5,7,9-10H,3-4,6,8H2,1-2H3,(H2,15,16,17,19). The second kappa shape index (κ2) is 6.22. The number of hydrogen-bond donors (Lipinski definition) is 2. The molecule has 102 valence electrons. The van der Waals surface area contributed by atoms with Crippen molar-refractivity contribution in [3.63, 3.8) is 0 Å². The van der Waals surface area contributed by atoms with Gasteiger partial charge in [-0.1, -0.05) is 20.3 Å². The molecule has 0 atom stereocenters. The van der Waals surface area contributed by atoms with E-state index in [1.165, 1.54) is 0 Å². The lowest BCUT2D eigenvalue weighted by Gasteiger charge is -2.06. The zero-order chi connectivity index (χ0) is 13.7. The van der Waals surface area contributed by atoms with Crippen molar-refractivity contribution in [1.82, 2.24) is 14.8 Å². The van der Waals surface area contributed by atoms with Crippen LogP contribution in [0.3, 0.4) is 0 Å². The van der Waals surface area contributed by atoms with E-state index in [1.807, 2.05) is 29.0 Å². The molecule has 0 spiro atoms. The average molecular weight is 260 g/mol. The molecule has 0 bridgehead atoms. The first kappa shape index (κ1) is 13.4. The summed E-state index contributed by atoms with van der Waals surface area (Å²) >= 11 is 0. The molecule has 0 saturated carbocycles. The quantitative estimate of drug-likeness (QED) is 0.839. The smallest absolute Gasteiger partial charge is 0.273 e. The molecule has 0 aliphatic carbocycles. The molecule has 2 aromatic heterocycles. The number of rotatable bonds is 6. The highest BCUT2D eigenvalue weighted by molar-refractivity contribution is 6.02. The van der Waals surface area contributed by atoms with E-state index in [0.717, 1.165) is 31.5 Å². The van der Waals surface area contributed by atoms with Gasteiger partial charge in [0.05, 0.1) is 0 Å². The molecule has 19 heavy (non-hydrogen) atoms. The zero-order valence-electron chi connectivity index (χ0n) is 11.4. The van der Waals surface area contributed by atoms with Gasteiger partial charge < -0.3 is 9.88 Å². The van der Waals surface area contributed by atoms with Crippen LogP contribution in [0.1, 0.15) is 42.9 Å². The summed E-state index contributed by atoms with van der Waals surface area (Å²) in [6.45, 7) is 5.04. The molecular formula is C14H20N4O. The number of aryl methyl sites for hydroxylation is 2. The predicted octanol–water partition coefficient (Wildman–Crippen LogP) is 2.83. The minimum absolute atomic E-state index is 0.118. The van der Waals surface area contributed by atoms with Gasteiger partial charge in [0.25, 0.3) is 5.91 Å². The number of carbonyl (C=O) groups is 1. The second-order valence-electron chi connectivity index (χ2n) is 4.57. The number of nitrogens with zero attached hydrogens (tertiary/aromatic N) is 2. The van der Waals surface area contributed by atoms with Crippen LogP contribution in [0, 0.1) is 0 Å². The van der Waals surface area contributed by atoms with Crippen molar-refractivity contribution in [3.8, 4) is 0 Å². The van der Waals surface area contributed by atoms with Crippen molar-refractivity contribution in [2.45, 2.75) is 39.7 Å². The molecule has 0 radical (unpaired) electrons. The average Bonchev–Trinajstić information content (AvgIpc) is 3.00. The van der Waals surface area contributed by atoms with Crippen molar-refractivity contribution in [3.05, 3.63) is 35.8 Å². The molecular weight excluding hydrogens is 240 g/mol. The molecule has 2 N–H and O–H groups in total. The Bertz CT molecular complexity index is 541. The van der Waals surface area contributed by atoms with Gasteiger partial charge in [0.2, 0.25) is 0 Å². The van der Waals surface area contributed by atoms with Gasteiger partial charge in [-0.05, 0) is 25.0 Å². The lowest BCUT2D eigenvalue weighted by Crippen LogP contribution is -2.17. The predicted molar refractivity (Wildman–Crippen MR) is 75.3 cm³/mol. The second-order valence-corrected chi connectivity index (χ2v) is 4.57. The Balaban J connectivity index is 2.05. The largest absolute Gasteiger partial charge is 0.344 e. The number of anilines is 1. The van der Waals surface area contributed by atoms with Gasteiger partial charge in [-0.15, -0.1) is 0 Å². The number of amides is 1. The molecule has 5 nitrogen and oxygen atoms in total. The summed E-state index contributed by atoms with van der Waals surface area (Å²) in [6.07, 6.45) is 4.91. The first-order valence-electron chi connectivity index (χ1n) is 6.75. The monoisotopic (exact) mass is 260 g/mol. The van der Waals surface area contributed by atoms with Crippen LogP contribution in [-0.4, -0.2) is 20.7 Å². The van der Waals surface area contributed by atoms with E-state index in [0.29, 0.717) is 11.5 Å². The van der Waals surface area contributed by atoms with Crippen molar-refractivity contribution in [2.75, 3.05) is 5.32 Å². The van der Waals surface area contributed by atoms with Crippen molar-refractivity contribution >= 4 is 11.7 Å². The molecule has 5 heteroatoms. The van der Waals surface area contributed by atoms with Gasteiger partial charge in [0.15, 0.2) is 5.82 Å². The number of aromatic amines is 1. The van der Waals surface area contributed by atoms with Crippen LogP contribution < -0.4 is 5.32 Å². The first-order chi connectivity index (χ1) is 9.24. The maximum atomic E-state index is 12.2. The number of hydrogen-bond acceptors (Lipinski definition) is 2. The SMILES string of the molecule is CCCc1cc(NC(=O)c2cccn2CCC)n[nH]1. The summed E-state index contributed by atoms with van der Waals surface area (Å²) in [5, 5.41) is 9.84. The van der Waals surface area contributed by atoms with E-state index in [-0.39, 0.29) is 5.91 Å². The highest BCUT2D eigenvalue weighted by Crippen LogP contribution is 2.10. The van der Waals surface area contributed by atoms with Crippen LogP contribution in [0.2, 0.25) is 0 Å². The maximum Gasteiger partial charge on any atom is 0.273 e. The number of nitrogens with one attached hydrogen (secondary N) is 2. The van der Waals surface area contributed by atoms with Gasteiger partial charge in [-0.3, -0.25) is 9.89 Å². The molecule has 0 aliphatic rings. The van der Waals surface area contributed by atoms with Crippen LogP contribution in [0.4, 0.5) is 5.82 Å². The zero-order valence-corrected chi connectivity index (χ0v) is 11.4. The highest BCUT2D eigenvalue weighted by atomic mass is 16.2. The van der Waals surface area contributed by atoms with Crippen molar-refractivity contribution in [2.24, 2.45) is 0 Å². The lowest BCUT2D eigenvalue weighted by molar-refractivity contribution is 0.101. The Kier molecular flexibility index (Phi) is 4.39. The Morgan fingerprint density at radius 1 is 1.42 bits per heavy atom. The van der Waals surface area contributed by atoms with E-state index in [2.05, 4.69) is 29.4 Å². The molecule has 2 heterocycles. The lowest BCUT2D eigenvalue weighted by atomic mass is 10.2. The fourth-order valence-corrected chi connectivity index (χ4v) is 2.06. The van der Waals surface area contributed by atoms with Crippen molar-refractivity contribution < 1.29 is 4.79 Å². The van der Waals surface area contributed by atoms with E-state index in [9.17, 15) is 4.79 Å². The summed E-state index contributed by atoms with van der Waals surface area (Å²) in [4.78, 5) is 12.2. The molecule has 0 aliphatic heterocycles. The normalized spacial score (nSPS) is 10.6. The first-order valence-corrected chi connectivity index (χ1v) is 6.75. The summed E-state index contributed by atoms with van der Waals surface area (Å²) in [5.41, 5.74) is 1.71. The fraction of sp³-hybridized carbons (Fsp3) is 0.429. The van der Waals surface area contributed by atoms with Crippen molar-refractivity contribution in [1.29, 1.82) is 0 Å². The third-order valence-corrected chi connectivity index (χ3v) is 2.92. The van der Waals surface area contributed by atoms with Crippen LogP contribution in [0.25, 0.3) is 0 Å². The van der Waals surface area contributed by atoms with E-state index >= 15 is 0 Å². The Hall–Kier alpha value is -2.04. The molecule has 1 amide bonds. The number of aromatic nitrogens is 3. The van der Waals surface area contributed by atoms with Crippen LogP contribution in [0.5, 0.6) is 0 Å². The molecule has 0 fully saturated rings. The van der Waals surface area contributed by atoms with Gasteiger partial charge >= 0.3 is 0 Å². The Morgan fingerprint density at radius 2 is 2.26 bits per heavy atom. The summed E-state index contributed by atoms with van der Waals surface area (Å²) < 4.78 is 1.95. The van der Waals surface area contributed by atoms with Gasteiger partial charge in [-0.2, -0.15) is 5.10 Å². The summed E-state index contributed by atoms with van der Waals surface area (Å²) in [6, 6.07) is 5.59. The Labute approximate surface area is 113 Å². The number of H-pyrrole nitrogens is 1. The molecule has 0 aromatic carbocycles. The third-order valence-electron chi connectivity index (χ3n) is 2.92. The Morgan fingerprint density at radius 3 is 3.00 bits per heavy atom. The fourth-order valence-electron chi connectivity index (χ4n) is 2.06. The minimum Gasteiger partial charge on any atom is -0.344 e. The van der Waals surface area contributed by atoms with E-state index in [4.69, 9.17) is 0 Å². The molecule has 2 aromatic rings. The summed E-state index contributed by atoms with van der Waals surface area (Å²) in [5.74, 6) is 0.464. The van der Waals surface area contributed by atoms with Gasteiger partial charge in [0, 0.05) is 24.5 Å². The molecule has 0 saturated heterocycles. The number of carbonyl (C=O) groups excluding carboxylic acids is 1. The molecule has 2 rings (SSSR count). The van der Waals surface area contributed by atoms with Crippen LogP contribution in [-0.2, 0) is 13.0 Å². The third kappa shape index (κ3) is 3.24. The summed E-state index contributed by atoms with van der Waals surface area (Å²) in [7, 11) is 0. The minimum atomic E-state index is -0.118. The van der Waals surface area contributed by atoms with Gasteiger partial charge in [0.1, 0.15) is 5.69 Å². The van der Waals surface area contributed by atoms with Crippen LogP contribution >= 0.6 is 0 Å². The topological polar surface area (TPSA) is 62.7 Å². The van der Waals surface area contributed by atoms with E-state index in [1.54, 1.807) is 0 Å². The highest BCUT2D eigenvalue weighted by Gasteiger charge is 2.12. The van der Waals surface area contributed by atoms with E-state index < -0.39 is 0 Å². The molecule has 0 unspecified atom stereocenters. The van der Waals surface area contributed by atoms with Crippen LogP contribution in [0.15, 0.2) is 24.4 Å². The van der Waals surface area contributed by atoms with Gasteiger partial charge in [-0.25, -0.2) is 0 Å². The maximum absolute atomic E-state index is 12.2.